The molecule has 7 nitrogen and oxygen atoms in total. The van der Waals surface area contributed by atoms with Crippen LogP contribution in [0, 0.1) is 33.5 Å². The molecule has 1 unspecified atom stereocenters. The molecule has 2 bridgehead atoms. The minimum atomic E-state index is -1.03. The zero-order chi connectivity index (χ0) is 32.8. The third-order valence-electron chi connectivity index (χ3n) is 14.3. The molecule has 3 saturated carbocycles. The number of nitrogens with zero attached hydrogens (tertiary/aromatic N) is 1. The first-order valence-electron chi connectivity index (χ1n) is 18.0. The number of allylic oxidation sites excluding steroid dienone is 4. The fourth-order valence-electron chi connectivity index (χ4n) is 11.8. The van der Waals surface area contributed by atoms with Crippen molar-refractivity contribution in [1.82, 2.24) is 4.90 Å². The third kappa shape index (κ3) is 4.62. The van der Waals surface area contributed by atoms with Gasteiger partial charge in [0.2, 0.25) is 0 Å². The zero-order valence-corrected chi connectivity index (χ0v) is 28.7. The molecule has 2 spiro atoms. The maximum absolute atomic E-state index is 15.0. The number of hydrogen-bond donors (Lipinski definition) is 4. The van der Waals surface area contributed by atoms with Crippen molar-refractivity contribution >= 4 is 27.2 Å². The Morgan fingerprint density at radius 3 is 2.60 bits per heavy atom. The van der Waals surface area contributed by atoms with E-state index in [1.54, 1.807) is 11.3 Å². The Hall–Kier alpha value is -1.91. The Morgan fingerprint density at radius 1 is 1.06 bits per heavy atom. The van der Waals surface area contributed by atoms with E-state index in [0.717, 1.165) is 72.1 Å². The van der Waals surface area contributed by atoms with E-state index in [0.29, 0.717) is 25.9 Å². The van der Waals surface area contributed by atoms with Crippen molar-refractivity contribution in [3.05, 3.63) is 59.0 Å². The molecule has 2 heterocycles. The smallest absolute Gasteiger partial charge is 0.199 e. The Bertz CT molecular complexity index is 1580. The number of ketones is 1. The molecule has 4 fully saturated rings. The van der Waals surface area contributed by atoms with E-state index in [9.17, 15) is 25.2 Å². The molecule has 1 aliphatic heterocycles. The first-order valence-corrected chi connectivity index (χ1v) is 18.8. The van der Waals surface area contributed by atoms with Crippen molar-refractivity contribution < 1.29 is 30.0 Å². The number of carbonyl (C=O) groups excluding carboxylic acids is 1. The molecular weight excluding hydrogens is 610 g/mol. The first-order chi connectivity index (χ1) is 22.5. The molecule has 2 aromatic rings. The van der Waals surface area contributed by atoms with Crippen molar-refractivity contribution in [3.63, 3.8) is 0 Å². The molecule has 254 valence electrons. The van der Waals surface area contributed by atoms with Gasteiger partial charge in [0.25, 0.3) is 0 Å². The van der Waals surface area contributed by atoms with Crippen LogP contribution < -0.4 is 0 Å². The minimum Gasteiger partial charge on any atom is -0.394 e. The molecule has 1 aromatic carbocycles. The van der Waals surface area contributed by atoms with Crippen LogP contribution in [-0.2, 0) is 4.74 Å². The van der Waals surface area contributed by atoms with Gasteiger partial charge in [-0.1, -0.05) is 50.3 Å². The molecule has 9 rings (SSSR count). The number of rotatable bonds is 9. The Balaban J connectivity index is 1.21. The summed E-state index contributed by atoms with van der Waals surface area (Å²) in [6.07, 6.45) is 13.4. The molecule has 1 aromatic heterocycles. The number of thiophene rings is 1. The summed E-state index contributed by atoms with van der Waals surface area (Å²) >= 11 is 1.57. The molecule has 10 atom stereocenters. The lowest BCUT2D eigenvalue weighted by molar-refractivity contribution is -0.177. The number of benzene rings is 1. The quantitative estimate of drug-likeness (QED) is 0.207. The van der Waals surface area contributed by atoms with Gasteiger partial charge in [0, 0.05) is 52.8 Å². The van der Waals surface area contributed by atoms with E-state index in [2.05, 4.69) is 55.2 Å². The van der Waals surface area contributed by atoms with Crippen molar-refractivity contribution in [1.29, 1.82) is 0 Å². The number of hydrogen-bond acceptors (Lipinski definition) is 8. The van der Waals surface area contributed by atoms with Crippen LogP contribution in [0.15, 0.2) is 54.1 Å². The number of aliphatic hydroxyl groups excluding tert-OH is 3. The second kappa shape index (κ2) is 11.3. The lowest BCUT2D eigenvalue weighted by Crippen LogP contribution is -2.67. The predicted molar refractivity (Wildman–Crippen MR) is 183 cm³/mol. The monoisotopic (exact) mass is 661 g/mol. The first kappa shape index (κ1) is 32.3. The topological polar surface area (TPSA) is 110 Å². The van der Waals surface area contributed by atoms with Gasteiger partial charge in [-0.2, -0.15) is 0 Å². The Morgan fingerprint density at radius 2 is 1.83 bits per heavy atom. The lowest BCUT2D eigenvalue weighted by Gasteiger charge is -2.71. The van der Waals surface area contributed by atoms with Crippen LogP contribution >= 0.6 is 11.3 Å². The van der Waals surface area contributed by atoms with Crippen LogP contribution in [0.2, 0.25) is 0 Å². The molecule has 0 amide bonds. The van der Waals surface area contributed by atoms with Crippen LogP contribution in [-0.4, -0.2) is 87.9 Å². The Labute approximate surface area is 282 Å². The predicted octanol–water partition coefficient (Wildman–Crippen LogP) is 5.51. The zero-order valence-electron chi connectivity index (χ0n) is 27.9. The summed E-state index contributed by atoms with van der Waals surface area (Å²) in [6.45, 7) is 6.40. The minimum absolute atomic E-state index is 0.0617. The van der Waals surface area contributed by atoms with Crippen LogP contribution in [0.4, 0.5) is 0 Å². The van der Waals surface area contributed by atoms with E-state index < -0.39 is 22.5 Å². The highest BCUT2D eigenvalue weighted by atomic mass is 32.1. The Kier molecular flexibility index (Phi) is 7.77. The second-order valence-electron chi connectivity index (χ2n) is 16.5. The van der Waals surface area contributed by atoms with Crippen molar-refractivity contribution in [2.75, 3.05) is 32.8 Å². The molecular formula is C39H51NO6S. The molecule has 8 heteroatoms. The van der Waals surface area contributed by atoms with Crippen molar-refractivity contribution in [3.8, 4) is 0 Å². The molecule has 1 saturated heterocycles. The fraction of sp³-hybridized carbons (Fsp3) is 0.667. The van der Waals surface area contributed by atoms with Gasteiger partial charge in [0.1, 0.15) is 0 Å². The molecule has 47 heavy (non-hydrogen) atoms. The highest BCUT2D eigenvalue weighted by Gasteiger charge is 2.74. The fourth-order valence-corrected chi connectivity index (χ4v) is 12.8. The number of fused-ring (bicyclic) bond motifs is 2. The SMILES string of the molecule is C[C@]12CC[C@H]3[C@]4(C=C[C@@]5(C=C4C(=O)c4cc6ccccc6s4)CC(O)CC[C@]35C)[C@@H]1CC[C@@]2(O)CN(C[C@H](O)CO)C[C@H]1CCCO1. The number of Topliss-reactive ketones (excluding diaryl/α,β-unsaturated/α-hetero) is 1. The maximum atomic E-state index is 15.0. The average Bonchev–Trinajstić information content (AvgIpc) is 3.79. The van der Waals surface area contributed by atoms with Crippen LogP contribution in [0.3, 0.4) is 0 Å². The number of carbonyl (C=O) groups is 1. The summed E-state index contributed by atoms with van der Waals surface area (Å²) < 4.78 is 7.08. The lowest BCUT2D eigenvalue weighted by atomic mass is 9.32. The van der Waals surface area contributed by atoms with Gasteiger partial charge in [-0.25, -0.2) is 0 Å². The standard InChI is InChI=1S/C39H51NO6S/c1-35-12-9-26(42)19-37(35)15-16-39(29(20-37)34(44)31-18-25-6-3-4-8-30(25)47-31)32(35)10-13-36(2)33(39)11-14-38(36,45)24-40(21-27(43)23-41)22-28-7-5-17-46-28/h3-4,6,8,15-16,18,20,26-28,32-33,41-43,45H,5,7,9-14,17,19,21-24H2,1-2H3/t26?,27-,28+,32+,33+,35+,36-,37-,38+,39+/m0/s1. The van der Waals surface area contributed by atoms with Crippen LogP contribution in [0.1, 0.15) is 81.3 Å². The average molecular weight is 662 g/mol. The van der Waals surface area contributed by atoms with Gasteiger partial charge >= 0.3 is 0 Å². The van der Waals surface area contributed by atoms with E-state index >= 15 is 0 Å². The molecule has 7 aliphatic rings. The van der Waals surface area contributed by atoms with Gasteiger partial charge in [0.15, 0.2) is 5.78 Å². The summed E-state index contributed by atoms with van der Waals surface area (Å²) in [5.74, 6) is 0.409. The van der Waals surface area contributed by atoms with Crippen molar-refractivity contribution in [2.24, 2.45) is 33.5 Å². The highest BCUT2D eigenvalue weighted by Crippen LogP contribution is 2.78. The van der Waals surface area contributed by atoms with Crippen LogP contribution in [0.5, 0.6) is 0 Å². The maximum Gasteiger partial charge on any atom is 0.199 e. The van der Waals surface area contributed by atoms with Crippen molar-refractivity contribution in [2.45, 2.75) is 95.5 Å². The van der Waals surface area contributed by atoms with E-state index in [-0.39, 0.29) is 53.8 Å². The number of ether oxygens (including phenoxy) is 1. The normalized spacial score (nSPS) is 42.7. The van der Waals surface area contributed by atoms with E-state index in [1.165, 1.54) is 0 Å². The van der Waals surface area contributed by atoms with Gasteiger partial charge in [-0.3, -0.25) is 9.69 Å². The summed E-state index contributed by atoms with van der Waals surface area (Å²) in [6, 6.07) is 10.2. The largest absolute Gasteiger partial charge is 0.394 e. The molecule has 6 aliphatic carbocycles. The summed E-state index contributed by atoms with van der Waals surface area (Å²) in [5.41, 5.74) is -1.55. The highest BCUT2D eigenvalue weighted by molar-refractivity contribution is 7.21. The molecule has 0 radical (unpaired) electrons. The van der Waals surface area contributed by atoms with Gasteiger partial charge in [0.05, 0.1) is 35.4 Å². The van der Waals surface area contributed by atoms with Crippen LogP contribution in [0.25, 0.3) is 10.1 Å². The summed E-state index contributed by atoms with van der Waals surface area (Å²) in [4.78, 5) is 17.8. The third-order valence-corrected chi connectivity index (χ3v) is 15.4. The summed E-state index contributed by atoms with van der Waals surface area (Å²) in [7, 11) is 0. The second-order valence-corrected chi connectivity index (χ2v) is 17.5. The number of aliphatic hydroxyl groups is 4. The summed E-state index contributed by atoms with van der Waals surface area (Å²) in [5, 5.41) is 45.2. The van der Waals surface area contributed by atoms with Gasteiger partial charge in [-0.15, -0.1) is 11.3 Å². The van der Waals surface area contributed by atoms with E-state index in [1.807, 2.05) is 12.1 Å². The van der Waals surface area contributed by atoms with Gasteiger partial charge in [-0.05, 0) is 92.6 Å². The molecule has 4 N–H and O–H groups in total. The van der Waals surface area contributed by atoms with Gasteiger partial charge < -0.3 is 25.2 Å². The van der Waals surface area contributed by atoms with E-state index in [4.69, 9.17) is 4.74 Å².